The molecule has 2 N–H and O–H groups in total. The molecule has 0 spiro atoms. The first kappa shape index (κ1) is 28.2. The summed E-state index contributed by atoms with van der Waals surface area (Å²) in [4.78, 5) is 15.6. The number of hydrogen-bond acceptors (Lipinski definition) is 5. The number of carbonyl (C=O) groups excluding carboxylic acids is 1. The maximum atomic E-state index is 13.8. The van der Waals surface area contributed by atoms with E-state index in [1.54, 1.807) is 30.2 Å². The number of hydrogen-bond donors (Lipinski definition) is 2. The van der Waals surface area contributed by atoms with Gasteiger partial charge in [-0.25, -0.2) is 4.39 Å². The summed E-state index contributed by atoms with van der Waals surface area (Å²) >= 11 is 0. The number of nitrogens with one attached hydrogen (secondary N) is 1. The Labute approximate surface area is 239 Å². The summed E-state index contributed by atoms with van der Waals surface area (Å²) in [7, 11) is 1.60. The molecule has 1 amide bonds. The number of carbonyl (C=O) groups is 1. The Morgan fingerprint density at radius 2 is 1.80 bits per heavy atom. The van der Waals surface area contributed by atoms with Crippen LogP contribution in [0.15, 0.2) is 54.6 Å². The van der Waals surface area contributed by atoms with Gasteiger partial charge in [-0.2, -0.15) is 5.10 Å². The minimum absolute atomic E-state index is 0.101. The number of rotatable bonds is 11. The number of aromatic nitrogens is 2. The highest BCUT2D eigenvalue weighted by Crippen LogP contribution is 2.47. The molecule has 0 bridgehead atoms. The van der Waals surface area contributed by atoms with Crippen molar-refractivity contribution in [2.45, 2.75) is 59.0 Å². The van der Waals surface area contributed by atoms with Gasteiger partial charge in [0.05, 0.1) is 19.8 Å². The second kappa shape index (κ2) is 12.0. The molecule has 1 aliphatic heterocycles. The molecule has 1 atom stereocenters. The zero-order valence-electron chi connectivity index (χ0n) is 24.0. The second-order valence-corrected chi connectivity index (χ2v) is 10.6. The number of fused-ring (bicyclic) bond motifs is 1. The molecule has 4 aromatic rings. The lowest BCUT2D eigenvalue weighted by molar-refractivity contribution is 0.0730. The fourth-order valence-electron chi connectivity index (χ4n) is 5.62. The van der Waals surface area contributed by atoms with Crippen molar-refractivity contribution < 1.29 is 23.8 Å². The molecular weight excluding hydrogens is 521 g/mol. The largest absolute Gasteiger partial charge is 0.507 e. The van der Waals surface area contributed by atoms with Gasteiger partial charge in [0.1, 0.15) is 23.0 Å². The van der Waals surface area contributed by atoms with Crippen LogP contribution < -0.4 is 9.47 Å². The van der Waals surface area contributed by atoms with Crippen LogP contribution in [0.3, 0.4) is 0 Å². The zero-order valence-corrected chi connectivity index (χ0v) is 24.0. The summed E-state index contributed by atoms with van der Waals surface area (Å²) < 4.78 is 25.4. The average Bonchev–Trinajstić information content (AvgIpc) is 3.48. The number of nitrogens with zero attached hydrogens (tertiary/aromatic N) is 2. The van der Waals surface area contributed by atoms with Gasteiger partial charge in [-0.05, 0) is 72.9 Å². The van der Waals surface area contributed by atoms with E-state index in [1.165, 1.54) is 18.6 Å². The monoisotopic (exact) mass is 557 g/mol. The van der Waals surface area contributed by atoms with Crippen LogP contribution in [0.2, 0.25) is 0 Å². The predicted molar refractivity (Wildman–Crippen MR) is 156 cm³/mol. The van der Waals surface area contributed by atoms with Crippen LogP contribution in [0.25, 0.3) is 11.3 Å². The topological polar surface area (TPSA) is 87.7 Å². The van der Waals surface area contributed by atoms with Crippen molar-refractivity contribution in [1.82, 2.24) is 15.1 Å². The molecule has 5 rings (SSSR count). The molecule has 0 saturated carbocycles. The Morgan fingerprint density at radius 1 is 1.02 bits per heavy atom. The van der Waals surface area contributed by atoms with Gasteiger partial charge in [-0.3, -0.25) is 9.89 Å². The summed E-state index contributed by atoms with van der Waals surface area (Å²) in [5.41, 5.74) is 5.51. The normalized spacial score (nSPS) is 14.4. The van der Waals surface area contributed by atoms with Crippen LogP contribution in [0.1, 0.15) is 77.0 Å². The highest BCUT2D eigenvalue weighted by Gasteiger charge is 2.43. The van der Waals surface area contributed by atoms with Crippen molar-refractivity contribution in [1.29, 1.82) is 0 Å². The highest BCUT2D eigenvalue weighted by molar-refractivity contribution is 6.00. The maximum Gasteiger partial charge on any atom is 0.273 e. The number of halogens is 1. The number of H-pyrrole nitrogens is 1. The van der Waals surface area contributed by atoms with Crippen molar-refractivity contribution >= 4 is 5.91 Å². The lowest BCUT2D eigenvalue weighted by atomic mass is 9.93. The van der Waals surface area contributed by atoms with Crippen molar-refractivity contribution in [3.8, 4) is 28.5 Å². The van der Waals surface area contributed by atoms with E-state index in [0.29, 0.717) is 40.6 Å². The Bertz CT molecular complexity index is 1520. The van der Waals surface area contributed by atoms with E-state index in [1.807, 2.05) is 38.1 Å². The third-order valence-electron chi connectivity index (χ3n) is 7.58. The molecule has 1 aliphatic rings. The molecule has 214 valence electrons. The van der Waals surface area contributed by atoms with Crippen LogP contribution in [0, 0.1) is 19.7 Å². The number of aromatic amines is 1. The van der Waals surface area contributed by atoms with Crippen LogP contribution >= 0.6 is 0 Å². The Balaban J connectivity index is 1.58. The van der Waals surface area contributed by atoms with Gasteiger partial charge in [0, 0.05) is 17.7 Å². The van der Waals surface area contributed by atoms with E-state index < -0.39 is 6.04 Å². The van der Waals surface area contributed by atoms with E-state index in [2.05, 4.69) is 17.1 Å². The number of ether oxygens (including phenoxy) is 2. The molecule has 3 aromatic carbocycles. The Hall–Kier alpha value is -4.33. The molecule has 1 unspecified atom stereocenters. The first-order chi connectivity index (χ1) is 19.8. The fourth-order valence-corrected chi connectivity index (χ4v) is 5.62. The van der Waals surface area contributed by atoms with Crippen LogP contribution in [0.5, 0.6) is 17.2 Å². The predicted octanol–water partition coefficient (Wildman–Crippen LogP) is 7.25. The van der Waals surface area contributed by atoms with E-state index in [-0.39, 0.29) is 24.0 Å². The number of unbranched alkanes of at least 4 members (excludes halogenated alkanes) is 3. The van der Waals surface area contributed by atoms with Crippen LogP contribution in [-0.2, 0) is 6.54 Å². The molecule has 0 aliphatic carbocycles. The van der Waals surface area contributed by atoms with Gasteiger partial charge in [0.25, 0.3) is 5.91 Å². The summed E-state index contributed by atoms with van der Waals surface area (Å²) in [6.07, 6.45) is 4.40. The van der Waals surface area contributed by atoms with Gasteiger partial charge in [0.2, 0.25) is 0 Å². The maximum absolute atomic E-state index is 13.8. The molecule has 7 nitrogen and oxygen atoms in total. The van der Waals surface area contributed by atoms with E-state index in [9.17, 15) is 14.3 Å². The van der Waals surface area contributed by atoms with E-state index in [4.69, 9.17) is 9.47 Å². The number of benzene rings is 3. The van der Waals surface area contributed by atoms with Crippen molar-refractivity contribution in [2.24, 2.45) is 0 Å². The molecule has 0 radical (unpaired) electrons. The minimum Gasteiger partial charge on any atom is -0.507 e. The third kappa shape index (κ3) is 5.64. The number of phenols is 1. The first-order valence-electron chi connectivity index (χ1n) is 14.1. The second-order valence-electron chi connectivity index (χ2n) is 10.6. The quantitative estimate of drug-likeness (QED) is 0.190. The van der Waals surface area contributed by atoms with Crippen LogP contribution in [-0.4, -0.2) is 39.8 Å². The SMILES string of the molecule is CCCCCCOc1ccc(C2c3c(-c4c(C)cc(C)cc4O)n[nH]c3C(=O)N2Cc2ccc(F)cc2)cc1OC. The molecule has 0 saturated heterocycles. The summed E-state index contributed by atoms with van der Waals surface area (Å²) in [5, 5.41) is 18.4. The van der Waals surface area contributed by atoms with Gasteiger partial charge < -0.3 is 19.5 Å². The Kier molecular flexibility index (Phi) is 8.28. The van der Waals surface area contributed by atoms with Crippen molar-refractivity contribution in [3.63, 3.8) is 0 Å². The lowest BCUT2D eigenvalue weighted by Gasteiger charge is -2.27. The highest BCUT2D eigenvalue weighted by atomic mass is 19.1. The smallest absolute Gasteiger partial charge is 0.273 e. The third-order valence-corrected chi connectivity index (χ3v) is 7.58. The van der Waals surface area contributed by atoms with E-state index >= 15 is 0 Å². The average molecular weight is 558 g/mol. The first-order valence-corrected chi connectivity index (χ1v) is 14.1. The molecular formula is C33H36FN3O4. The summed E-state index contributed by atoms with van der Waals surface area (Å²) in [6.45, 7) is 6.86. The van der Waals surface area contributed by atoms with E-state index in [0.717, 1.165) is 41.5 Å². The molecule has 1 aromatic heterocycles. The molecule has 2 heterocycles. The van der Waals surface area contributed by atoms with Crippen molar-refractivity contribution in [2.75, 3.05) is 13.7 Å². The van der Waals surface area contributed by atoms with Gasteiger partial charge >= 0.3 is 0 Å². The van der Waals surface area contributed by atoms with Crippen molar-refractivity contribution in [3.05, 3.63) is 93.9 Å². The fraction of sp³-hybridized carbons (Fsp3) is 0.333. The molecule has 8 heteroatoms. The molecule has 0 fully saturated rings. The molecule has 41 heavy (non-hydrogen) atoms. The zero-order chi connectivity index (χ0) is 29.1. The Morgan fingerprint density at radius 3 is 2.51 bits per heavy atom. The lowest BCUT2D eigenvalue weighted by Crippen LogP contribution is -2.29. The standard InChI is InChI=1S/C33H36FN3O4/c1-5-6-7-8-15-41-26-14-11-23(18-27(26)40-4)32-29-30(28-21(3)16-20(2)17-25(28)38)35-36-31(29)33(39)37(32)19-22-9-12-24(34)13-10-22/h9-14,16-18,32,38H,5-8,15,19H2,1-4H3,(H,35,36). The summed E-state index contributed by atoms with van der Waals surface area (Å²) in [6, 6.07) is 15.0. The summed E-state index contributed by atoms with van der Waals surface area (Å²) in [5.74, 6) is 0.744. The van der Waals surface area contributed by atoms with Crippen LogP contribution in [0.4, 0.5) is 4.39 Å². The van der Waals surface area contributed by atoms with Gasteiger partial charge in [0.15, 0.2) is 11.5 Å². The number of amides is 1. The number of aromatic hydroxyl groups is 1. The van der Waals surface area contributed by atoms with Gasteiger partial charge in [-0.15, -0.1) is 0 Å². The minimum atomic E-state index is -0.538. The number of aryl methyl sites for hydroxylation is 2. The number of phenolic OH excluding ortho intramolecular Hbond substituents is 1. The number of methoxy groups -OCH3 is 1. The van der Waals surface area contributed by atoms with Gasteiger partial charge in [-0.1, -0.05) is 50.5 Å².